The highest BCUT2D eigenvalue weighted by molar-refractivity contribution is 5.79. The van der Waals surface area contributed by atoms with Gasteiger partial charge in [0.15, 0.2) is 0 Å². The van der Waals surface area contributed by atoms with Crippen LogP contribution >= 0.6 is 0 Å². The minimum absolute atomic E-state index is 0.174. The molecule has 23 heavy (non-hydrogen) atoms. The van der Waals surface area contributed by atoms with E-state index in [9.17, 15) is 4.79 Å². The summed E-state index contributed by atoms with van der Waals surface area (Å²) in [4.78, 5) is 17.1. The van der Waals surface area contributed by atoms with Gasteiger partial charge in [-0.2, -0.15) is 0 Å². The van der Waals surface area contributed by atoms with E-state index >= 15 is 0 Å². The predicted octanol–water partition coefficient (Wildman–Crippen LogP) is 2.08. The van der Waals surface area contributed by atoms with Crippen LogP contribution in [0, 0.1) is 0 Å². The molecule has 126 valence electrons. The van der Waals surface area contributed by atoms with Gasteiger partial charge in [0.05, 0.1) is 32.9 Å². The van der Waals surface area contributed by atoms with Gasteiger partial charge in [-0.1, -0.05) is 12.1 Å². The number of amides is 1. The molecule has 3 rings (SSSR count). The Bertz CT molecular complexity index is 529. The highest BCUT2D eigenvalue weighted by atomic mass is 16.5. The molecule has 0 aromatic heterocycles. The number of rotatable bonds is 4. The second kappa shape index (κ2) is 7.79. The van der Waals surface area contributed by atoms with Crippen molar-refractivity contribution in [3.63, 3.8) is 0 Å². The van der Waals surface area contributed by atoms with Crippen molar-refractivity contribution in [2.75, 3.05) is 46.5 Å². The zero-order chi connectivity index (χ0) is 16.1. The maximum Gasteiger partial charge on any atom is 0.237 e. The van der Waals surface area contributed by atoms with E-state index < -0.39 is 0 Å². The molecule has 0 N–H and O–H groups in total. The summed E-state index contributed by atoms with van der Waals surface area (Å²) in [6.45, 7) is 4.51. The number of likely N-dealkylation sites (tertiary alicyclic amines) is 1. The van der Waals surface area contributed by atoms with Crippen molar-refractivity contribution in [3.8, 4) is 5.75 Å². The van der Waals surface area contributed by atoms with Gasteiger partial charge in [0.2, 0.25) is 5.91 Å². The third-order valence-electron chi connectivity index (χ3n) is 4.76. The topological polar surface area (TPSA) is 42.0 Å². The first-order valence-electron chi connectivity index (χ1n) is 8.51. The van der Waals surface area contributed by atoms with Crippen LogP contribution in [0.25, 0.3) is 0 Å². The lowest BCUT2D eigenvalue weighted by Gasteiger charge is -2.38. The molecule has 0 unspecified atom stereocenters. The Morgan fingerprint density at radius 1 is 1.26 bits per heavy atom. The maximum absolute atomic E-state index is 12.8. The molecule has 2 fully saturated rings. The molecule has 2 aliphatic heterocycles. The van der Waals surface area contributed by atoms with E-state index in [-0.39, 0.29) is 11.9 Å². The van der Waals surface area contributed by atoms with Crippen LogP contribution in [0.15, 0.2) is 24.3 Å². The van der Waals surface area contributed by atoms with Crippen molar-refractivity contribution in [2.24, 2.45) is 0 Å². The molecule has 2 saturated heterocycles. The Labute approximate surface area is 138 Å². The number of morpholine rings is 1. The summed E-state index contributed by atoms with van der Waals surface area (Å²) in [5, 5.41) is 0. The van der Waals surface area contributed by atoms with Gasteiger partial charge in [-0.25, -0.2) is 0 Å². The maximum atomic E-state index is 12.8. The Hall–Kier alpha value is -1.59. The van der Waals surface area contributed by atoms with Crippen molar-refractivity contribution >= 4 is 5.91 Å². The van der Waals surface area contributed by atoms with Crippen LogP contribution in [0.1, 0.15) is 30.9 Å². The van der Waals surface area contributed by atoms with E-state index in [1.54, 1.807) is 7.11 Å². The standard InChI is InChI=1S/C18H26N2O3/c1-22-16-6-4-5-15(13-16)17-7-2-3-8-20(17)18(21)14-19-9-11-23-12-10-19/h4-6,13,17H,2-3,7-12,14H2,1H3/t17-/m1/s1. The summed E-state index contributed by atoms with van der Waals surface area (Å²) in [5.41, 5.74) is 1.18. The SMILES string of the molecule is COc1cccc([C@H]2CCCCN2C(=O)CN2CCOCC2)c1. The lowest BCUT2D eigenvalue weighted by molar-refractivity contribution is -0.137. The van der Waals surface area contributed by atoms with Gasteiger partial charge in [0, 0.05) is 19.6 Å². The van der Waals surface area contributed by atoms with E-state index in [4.69, 9.17) is 9.47 Å². The minimum atomic E-state index is 0.174. The molecule has 0 aliphatic carbocycles. The van der Waals surface area contributed by atoms with E-state index in [0.717, 1.165) is 51.4 Å². The number of carbonyl (C=O) groups excluding carboxylic acids is 1. The van der Waals surface area contributed by atoms with Crippen molar-refractivity contribution in [1.29, 1.82) is 0 Å². The summed E-state index contributed by atoms with van der Waals surface area (Å²) in [5.74, 6) is 1.09. The van der Waals surface area contributed by atoms with Crippen LogP contribution in [0.2, 0.25) is 0 Å². The first kappa shape index (κ1) is 16.3. The fourth-order valence-corrected chi connectivity index (χ4v) is 3.47. The van der Waals surface area contributed by atoms with Gasteiger partial charge >= 0.3 is 0 Å². The summed E-state index contributed by atoms with van der Waals surface area (Å²) in [6, 6.07) is 8.30. The molecule has 0 spiro atoms. The number of hydrogen-bond donors (Lipinski definition) is 0. The number of carbonyl (C=O) groups is 1. The summed E-state index contributed by atoms with van der Waals surface area (Å²) in [7, 11) is 1.68. The minimum Gasteiger partial charge on any atom is -0.497 e. The highest BCUT2D eigenvalue weighted by Crippen LogP contribution is 2.32. The van der Waals surface area contributed by atoms with E-state index in [0.29, 0.717) is 6.54 Å². The van der Waals surface area contributed by atoms with Crippen LogP contribution in [0.5, 0.6) is 5.75 Å². The van der Waals surface area contributed by atoms with Crippen LogP contribution in [0.4, 0.5) is 0 Å². The molecule has 2 heterocycles. The third kappa shape index (κ3) is 4.03. The van der Waals surface area contributed by atoms with Crippen molar-refractivity contribution < 1.29 is 14.3 Å². The van der Waals surface area contributed by atoms with Gasteiger partial charge in [-0.3, -0.25) is 9.69 Å². The van der Waals surface area contributed by atoms with Crippen LogP contribution < -0.4 is 4.74 Å². The first-order chi connectivity index (χ1) is 11.3. The molecule has 1 atom stereocenters. The van der Waals surface area contributed by atoms with E-state index in [2.05, 4.69) is 21.9 Å². The van der Waals surface area contributed by atoms with Gasteiger partial charge in [0.25, 0.3) is 0 Å². The monoisotopic (exact) mass is 318 g/mol. The number of nitrogens with zero attached hydrogens (tertiary/aromatic N) is 2. The van der Waals surface area contributed by atoms with Crippen LogP contribution in [-0.4, -0.2) is 62.2 Å². The van der Waals surface area contributed by atoms with Gasteiger partial charge < -0.3 is 14.4 Å². The highest BCUT2D eigenvalue weighted by Gasteiger charge is 2.29. The largest absolute Gasteiger partial charge is 0.497 e. The van der Waals surface area contributed by atoms with Gasteiger partial charge in [0.1, 0.15) is 5.75 Å². The molecule has 5 heteroatoms. The van der Waals surface area contributed by atoms with Crippen LogP contribution in [0.3, 0.4) is 0 Å². The molecule has 0 bridgehead atoms. The summed E-state index contributed by atoms with van der Waals surface area (Å²) in [6.07, 6.45) is 3.29. The number of piperidine rings is 1. The molecule has 2 aliphatic rings. The van der Waals surface area contributed by atoms with Crippen molar-refractivity contribution in [1.82, 2.24) is 9.80 Å². The molecule has 1 aromatic carbocycles. The average Bonchev–Trinajstić information content (AvgIpc) is 2.62. The summed E-state index contributed by atoms with van der Waals surface area (Å²) >= 11 is 0. The second-order valence-corrected chi connectivity index (χ2v) is 6.26. The quantitative estimate of drug-likeness (QED) is 0.852. The Morgan fingerprint density at radius 2 is 2.09 bits per heavy atom. The normalized spacial score (nSPS) is 22.8. The summed E-state index contributed by atoms with van der Waals surface area (Å²) < 4.78 is 10.7. The Morgan fingerprint density at radius 3 is 2.87 bits per heavy atom. The fourth-order valence-electron chi connectivity index (χ4n) is 3.47. The Balaban J connectivity index is 1.71. The lowest BCUT2D eigenvalue weighted by atomic mass is 9.95. The molecule has 0 radical (unpaired) electrons. The molecular formula is C18H26N2O3. The molecule has 1 amide bonds. The van der Waals surface area contributed by atoms with Crippen molar-refractivity contribution in [2.45, 2.75) is 25.3 Å². The average molecular weight is 318 g/mol. The number of hydrogen-bond acceptors (Lipinski definition) is 4. The van der Waals surface area contributed by atoms with Gasteiger partial charge in [-0.15, -0.1) is 0 Å². The van der Waals surface area contributed by atoms with Crippen LogP contribution in [-0.2, 0) is 9.53 Å². The number of methoxy groups -OCH3 is 1. The predicted molar refractivity (Wildman–Crippen MR) is 88.6 cm³/mol. The first-order valence-corrected chi connectivity index (χ1v) is 8.51. The smallest absolute Gasteiger partial charge is 0.237 e. The molecule has 1 aromatic rings. The Kier molecular flexibility index (Phi) is 5.51. The molecular weight excluding hydrogens is 292 g/mol. The van der Waals surface area contributed by atoms with E-state index in [1.807, 2.05) is 12.1 Å². The molecule has 5 nitrogen and oxygen atoms in total. The second-order valence-electron chi connectivity index (χ2n) is 6.26. The van der Waals surface area contributed by atoms with Gasteiger partial charge in [-0.05, 0) is 37.0 Å². The van der Waals surface area contributed by atoms with Crippen molar-refractivity contribution in [3.05, 3.63) is 29.8 Å². The zero-order valence-corrected chi connectivity index (χ0v) is 13.9. The lowest BCUT2D eigenvalue weighted by Crippen LogP contribution is -2.47. The fraction of sp³-hybridized carbons (Fsp3) is 0.611. The zero-order valence-electron chi connectivity index (χ0n) is 13.9. The number of ether oxygens (including phenoxy) is 2. The van der Waals surface area contributed by atoms with E-state index in [1.165, 1.54) is 12.0 Å². The number of benzene rings is 1. The molecule has 0 saturated carbocycles. The third-order valence-corrected chi connectivity index (χ3v) is 4.76.